The molecule has 0 fully saturated rings. The van der Waals surface area contributed by atoms with Gasteiger partial charge in [0.2, 0.25) is 5.91 Å². The average Bonchev–Trinajstić information content (AvgIpc) is 3.11. The minimum Gasteiger partial charge on any atom is -0.459 e. The molecule has 0 aliphatic heterocycles. The number of benzene rings is 1. The summed E-state index contributed by atoms with van der Waals surface area (Å²) in [5.41, 5.74) is 12.5. The van der Waals surface area contributed by atoms with Crippen molar-refractivity contribution in [1.82, 2.24) is 9.80 Å². The van der Waals surface area contributed by atoms with Crippen LogP contribution in [0, 0.1) is 23.2 Å². The number of hydrogen-bond acceptors (Lipinski definition) is 12. The standard InChI is InChI=1S/C42H72N4O8S/c1-30(2)26-38(54-41(49)42(7,8)29-43)40(48)53-37(12-11-13-39(44)47)34(6)32(4)33(5)36-16-14-35(15-17-36)28-46(10)19-21-51-23-25-52-24-22-50-20-18-45(9)27-31(3)55/h11,13-17,30,32-34,37-38,55H,3,12,18-29,43H2,1-2,4-10H3,(H2,44,47)/b13-11+/t32-,33-,34+,37-,38-/m0/s1. The van der Waals surface area contributed by atoms with Gasteiger partial charge in [0.05, 0.1) is 45.1 Å². The molecule has 314 valence electrons. The highest BCUT2D eigenvalue weighted by Crippen LogP contribution is 2.34. The van der Waals surface area contributed by atoms with Gasteiger partial charge in [0.1, 0.15) is 6.10 Å². The molecule has 0 radical (unpaired) electrons. The summed E-state index contributed by atoms with van der Waals surface area (Å²) in [7, 11) is 4.08. The molecule has 0 bridgehead atoms. The van der Waals surface area contributed by atoms with Gasteiger partial charge < -0.3 is 35.2 Å². The van der Waals surface area contributed by atoms with Gasteiger partial charge in [-0.2, -0.15) is 0 Å². The van der Waals surface area contributed by atoms with Gasteiger partial charge in [-0.25, -0.2) is 4.79 Å². The molecule has 0 heterocycles. The van der Waals surface area contributed by atoms with Gasteiger partial charge in [-0.3, -0.25) is 19.4 Å². The number of thiol groups is 1. The quantitative estimate of drug-likeness (QED) is 0.0407. The second-order valence-electron chi connectivity index (χ2n) is 15.8. The van der Waals surface area contributed by atoms with Crippen molar-refractivity contribution in [1.29, 1.82) is 0 Å². The van der Waals surface area contributed by atoms with E-state index in [9.17, 15) is 14.4 Å². The number of amides is 1. The van der Waals surface area contributed by atoms with Crippen LogP contribution in [0.3, 0.4) is 0 Å². The van der Waals surface area contributed by atoms with Gasteiger partial charge in [0.15, 0.2) is 6.10 Å². The lowest BCUT2D eigenvalue weighted by molar-refractivity contribution is -0.179. The Bertz CT molecular complexity index is 1310. The van der Waals surface area contributed by atoms with Crippen LogP contribution in [-0.4, -0.2) is 120 Å². The van der Waals surface area contributed by atoms with E-state index in [-0.39, 0.29) is 36.6 Å². The van der Waals surface area contributed by atoms with Crippen molar-refractivity contribution >= 4 is 30.5 Å². The number of ether oxygens (including phenoxy) is 5. The number of hydrogen-bond donors (Lipinski definition) is 3. The smallest absolute Gasteiger partial charge is 0.347 e. The van der Waals surface area contributed by atoms with Crippen LogP contribution < -0.4 is 11.5 Å². The Labute approximate surface area is 337 Å². The second kappa shape index (κ2) is 27.0. The number of nitrogens with zero attached hydrogens (tertiary/aromatic N) is 2. The number of carbonyl (C=O) groups excluding carboxylic acids is 3. The minimum absolute atomic E-state index is 0.0715. The summed E-state index contributed by atoms with van der Waals surface area (Å²) in [6.07, 6.45) is 1.84. The molecule has 0 spiro atoms. The zero-order chi connectivity index (χ0) is 41.6. The second-order valence-corrected chi connectivity index (χ2v) is 16.4. The topological polar surface area (TPSA) is 156 Å². The fourth-order valence-corrected chi connectivity index (χ4v) is 5.94. The lowest BCUT2D eigenvalue weighted by Crippen LogP contribution is -2.41. The zero-order valence-corrected chi connectivity index (χ0v) is 36.0. The lowest BCUT2D eigenvalue weighted by atomic mass is 9.77. The maximum Gasteiger partial charge on any atom is 0.347 e. The highest BCUT2D eigenvalue weighted by Gasteiger charge is 2.36. The first-order valence-electron chi connectivity index (χ1n) is 19.5. The van der Waals surface area contributed by atoms with E-state index in [1.807, 2.05) is 27.8 Å². The normalized spacial score (nSPS) is 14.9. The fraction of sp³-hybridized carbons (Fsp3) is 0.690. The van der Waals surface area contributed by atoms with Gasteiger partial charge in [-0.05, 0) is 80.1 Å². The van der Waals surface area contributed by atoms with Gasteiger partial charge in [-0.1, -0.05) is 71.5 Å². The zero-order valence-electron chi connectivity index (χ0n) is 35.1. The average molecular weight is 793 g/mol. The van der Waals surface area contributed by atoms with Crippen LogP contribution in [0.2, 0.25) is 0 Å². The molecule has 4 N–H and O–H groups in total. The Hall–Kier alpha value is -2.78. The minimum atomic E-state index is -1.07. The summed E-state index contributed by atoms with van der Waals surface area (Å²) >= 11 is 4.22. The first-order chi connectivity index (χ1) is 25.9. The van der Waals surface area contributed by atoms with E-state index >= 15 is 0 Å². The van der Waals surface area contributed by atoms with Crippen LogP contribution in [0.25, 0.3) is 0 Å². The Morgan fingerprint density at radius 2 is 1.40 bits per heavy atom. The SMILES string of the molecule is C=C(S)CN(C)CCOCCOCCOCCN(C)Cc1ccc([C@@H](C)[C@H](C)[C@@H](C)[C@H](C/C=C/C(N)=O)OC(=O)[C@H](CC(C)C)OC(=O)C(C)(C)CN)cc1. The van der Waals surface area contributed by atoms with E-state index < -0.39 is 35.5 Å². The predicted octanol–water partition coefficient (Wildman–Crippen LogP) is 5.21. The van der Waals surface area contributed by atoms with Crippen LogP contribution >= 0.6 is 12.6 Å². The van der Waals surface area contributed by atoms with Gasteiger partial charge in [0, 0.05) is 39.1 Å². The molecule has 1 amide bonds. The predicted molar refractivity (Wildman–Crippen MR) is 223 cm³/mol. The fourth-order valence-electron chi connectivity index (χ4n) is 5.69. The first-order valence-corrected chi connectivity index (χ1v) is 20.0. The molecule has 0 unspecified atom stereocenters. The molecule has 0 saturated carbocycles. The number of primary amides is 1. The Morgan fingerprint density at radius 1 is 0.855 bits per heavy atom. The molecule has 1 aromatic rings. The van der Waals surface area contributed by atoms with Crippen LogP contribution in [0.5, 0.6) is 0 Å². The van der Waals surface area contributed by atoms with E-state index in [1.54, 1.807) is 19.9 Å². The third kappa shape index (κ3) is 21.4. The van der Waals surface area contributed by atoms with Crippen molar-refractivity contribution in [2.45, 2.75) is 86.0 Å². The molecule has 0 aliphatic rings. The van der Waals surface area contributed by atoms with E-state index in [0.717, 1.165) is 31.1 Å². The van der Waals surface area contributed by atoms with Crippen molar-refractivity contribution in [3.8, 4) is 0 Å². The summed E-state index contributed by atoms with van der Waals surface area (Å²) in [5, 5.41) is 0. The summed E-state index contributed by atoms with van der Waals surface area (Å²) in [6, 6.07) is 8.59. The van der Waals surface area contributed by atoms with Crippen molar-refractivity contribution in [2.75, 3.05) is 79.9 Å². The molecule has 0 saturated heterocycles. The summed E-state index contributed by atoms with van der Waals surface area (Å²) < 4.78 is 28.7. The van der Waals surface area contributed by atoms with Crippen molar-refractivity contribution in [3.05, 3.63) is 59.0 Å². The molecule has 1 rings (SSSR count). The Balaban J connectivity index is 2.68. The number of esters is 2. The van der Waals surface area contributed by atoms with E-state index in [2.05, 4.69) is 74.2 Å². The molecule has 5 atom stereocenters. The molecule has 13 heteroatoms. The van der Waals surface area contributed by atoms with Gasteiger partial charge in [0.25, 0.3) is 0 Å². The van der Waals surface area contributed by atoms with Crippen molar-refractivity contribution in [2.24, 2.45) is 34.6 Å². The molecule has 12 nitrogen and oxygen atoms in total. The Kier molecular flexibility index (Phi) is 24.6. The monoisotopic (exact) mass is 793 g/mol. The lowest BCUT2D eigenvalue weighted by Gasteiger charge is -2.33. The van der Waals surface area contributed by atoms with Crippen LogP contribution in [-0.2, 0) is 44.6 Å². The van der Waals surface area contributed by atoms with Crippen LogP contribution in [0.15, 0.2) is 47.9 Å². The van der Waals surface area contributed by atoms with E-state index in [1.165, 1.54) is 17.2 Å². The van der Waals surface area contributed by atoms with E-state index in [0.29, 0.717) is 46.1 Å². The van der Waals surface area contributed by atoms with Crippen molar-refractivity contribution < 1.29 is 38.1 Å². The number of likely N-dealkylation sites (N-methyl/N-ethyl adjacent to an activating group) is 2. The van der Waals surface area contributed by atoms with Gasteiger partial charge in [-0.15, -0.1) is 12.6 Å². The summed E-state index contributed by atoms with van der Waals surface area (Å²) in [5.74, 6) is -1.57. The highest BCUT2D eigenvalue weighted by atomic mass is 32.1. The Morgan fingerprint density at radius 3 is 1.91 bits per heavy atom. The molecular weight excluding hydrogens is 721 g/mol. The third-order valence-electron chi connectivity index (χ3n) is 9.77. The third-order valence-corrected chi connectivity index (χ3v) is 9.91. The number of rotatable bonds is 30. The van der Waals surface area contributed by atoms with Crippen molar-refractivity contribution in [3.63, 3.8) is 0 Å². The highest BCUT2D eigenvalue weighted by molar-refractivity contribution is 7.84. The van der Waals surface area contributed by atoms with Crippen LogP contribution in [0.1, 0.15) is 78.4 Å². The van der Waals surface area contributed by atoms with Crippen LogP contribution in [0.4, 0.5) is 0 Å². The molecule has 55 heavy (non-hydrogen) atoms. The maximum atomic E-state index is 13.6. The van der Waals surface area contributed by atoms with E-state index in [4.69, 9.17) is 35.2 Å². The number of carbonyl (C=O) groups is 3. The first kappa shape index (κ1) is 50.2. The summed E-state index contributed by atoms with van der Waals surface area (Å²) in [4.78, 5) is 43.1. The molecular formula is C42H72N4O8S. The maximum absolute atomic E-state index is 13.6. The molecule has 0 aliphatic carbocycles. The number of nitrogens with two attached hydrogens (primary N) is 2. The summed E-state index contributed by atoms with van der Waals surface area (Å²) in [6.45, 7) is 24.0. The van der Waals surface area contributed by atoms with Gasteiger partial charge >= 0.3 is 11.9 Å². The largest absolute Gasteiger partial charge is 0.459 e. The molecule has 0 aromatic heterocycles. The molecule has 1 aromatic carbocycles.